The third-order valence-corrected chi connectivity index (χ3v) is 2.98. The monoisotopic (exact) mass is 215 g/mol. The molecule has 2 N–H and O–H groups in total. The van der Waals surface area contributed by atoms with E-state index in [1.165, 1.54) is 0 Å². The number of carbonyl (C=O) groups is 1. The molecule has 0 heterocycles. The fourth-order valence-corrected chi connectivity index (χ4v) is 1.67. The minimum absolute atomic E-state index is 0.0836. The van der Waals surface area contributed by atoms with Crippen LogP contribution in [0.4, 0.5) is 0 Å². The molecule has 0 aromatic rings. The molecule has 0 aromatic carbocycles. The SMILES string of the molecule is COC(C)CCC(=O)NCC1CC(O)C1. The van der Waals surface area contributed by atoms with Crippen LogP contribution in [-0.4, -0.2) is 36.9 Å². The Bertz CT molecular complexity index is 202. The van der Waals surface area contributed by atoms with Gasteiger partial charge in [0.05, 0.1) is 12.2 Å². The number of methoxy groups -OCH3 is 1. The Balaban J connectivity index is 1.99. The largest absolute Gasteiger partial charge is 0.393 e. The molecule has 0 aliphatic heterocycles. The van der Waals surface area contributed by atoms with Crippen LogP contribution in [0.25, 0.3) is 0 Å². The number of nitrogens with one attached hydrogen (secondary N) is 1. The molecule has 4 nitrogen and oxygen atoms in total. The van der Waals surface area contributed by atoms with Crippen LogP contribution in [0, 0.1) is 5.92 Å². The molecule has 1 fully saturated rings. The number of ether oxygens (including phenoxy) is 1. The maximum Gasteiger partial charge on any atom is 0.220 e. The molecule has 0 radical (unpaired) electrons. The number of hydrogen-bond donors (Lipinski definition) is 2. The molecule has 1 aliphatic carbocycles. The second-order valence-electron chi connectivity index (χ2n) is 4.38. The van der Waals surface area contributed by atoms with Gasteiger partial charge in [-0.1, -0.05) is 0 Å². The number of aliphatic hydroxyl groups is 1. The average molecular weight is 215 g/mol. The van der Waals surface area contributed by atoms with Gasteiger partial charge in [-0.3, -0.25) is 4.79 Å². The molecular formula is C11H21NO3. The van der Waals surface area contributed by atoms with Crippen LogP contribution in [0.1, 0.15) is 32.6 Å². The molecule has 15 heavy (non-hydrogen) atoms. The molecule has 1 amide bonds. The molecule has 88 valence electrons. The highest BCUT2D eigenvalue weighted by Gasteiger charge is 2.26. The molecular weight excluding hydrogens is 194 g/mol. The average Bonchev–Trinajstić information content (AvgIpc) is 2.19. The lowest BCUT2D eigenvalue weighted by Gasteiger charge is -2.31. The highest BCUT2D eigenvalue weighted by atomic mass is 16.5. The molecule has 1 saturated carbocycles. The minimum Gasteiger partial charge on any atom is -0.393 e. The van der Waals surface area contributed by atoms with Crippen molar-refractivity contribution in [1.29, 1.82) is 0 Å². The van der Waals surface area contributed by atoms with Crippen LogP contribution in [0.5, 0.6) is 0 Å². The molecule has 1 aliphatic rings. The summed E-state index contributed by atoms with van der Waals surface area (Å²) in [5.74, 6) is 0.559. The third-order valence-electron chi connectivity index (χ3n) is 2.98. The van der Waals surface area contributed by atoms with Gasteiger partial charge in [0.2, 0.25) is 5.91 Å². The number of aliphatic hydroxyl groups excluding tert-OH is 1. The van der Waals surface area contributed by atoms with Crippen molar-refractivity contribution in [2.75, 3.05) is 13.7 Å². The van der Waals surface area contributed by atoms with Gasteiger partial charge in [0, 0.05) is 20.1 Å². The number of amides is 1. The van der Waals surface area contributed by atoms with Crippen LogP contribution < -0.4 is 5.32 Å². The van der Waals surface area contributed by atoms with Crippen molar-refractivity contribution in [3.63, 3.8) is 0 Å². The van der Waals surface area contributed by atoms with Gasteiger partial charge in [-0.05, 0) is 32.1 Å². The maximum atomic E-state index is 11.4. The fourth-order valence-electron chi connectivity index (χ4n) is 1.67. The van der Waals surface area contributed by atoms with Crippen molar-refractivity contribution >= 4 is 5.91 Å². The first-order valence-electron chi connectivity index (χ1n) is 5.59. The minimum atomic E-state index is -0.139. The van der Waals surface area contributed by atoms with Crippen molar-refractivity contribution in [2.24, 2.45) is 5.92 Å². The fraction of sp³-hybridized carbons (Fsp3) is 0.909. The molecule has 0 saturated heterocycles. The van der Waals surface area contributed by atoms with Crippen molar-refractivity contribution in [3.8, 4) is 0 Å². The Labute approximate surface area is 91.0 Å². The van der Waals surface area contributed by atoms with E-state index in [0.717, 1.165) is 19.3 Å². The van der Waals surface area contributed by atoms with Crippen LogP contribution in [0.3, 0.4) is 0 Å². The lowest BCUT2D eigenvalue weighted by molar-refractivity contribution is -0.122. The summed E-state index contributed by atoms with van der Waals surface area (Å²) in [5, 5.41) is 11.9. The Kier molecular flexibility index (Phi) is 5.05. The van der Waals surface area contributed by atoms with Crippen molar-refractivity contribution in [1.82, 2.24) is 5.32 Å². The predicted octanol–water partition coefficient (Wildman–Crippen LogP) is 0.689. The number of hydrogen-bond acceptors (Lipinski definition) is 3. The number of carbonyl (C=O) groups excluding carboxylic acids is 1. The van der Waals surface area contributed by atoms with E-state index in [0.29, 0.717) is 18.9 Å². The van der Waals surface area contributed by atoms with E-state index in [1.54, 1.807) is 7.11 Å². The van der Waals surface area contributed by atoms with Gasteiger partial charge in [-0.15, -0.1) is 0 Å². The lowest BCUT2D eigenvalue weighted by atomic mass is 9.82. The first kappa shape index (κ1) is 12.5. The van der Waals surface area contributed by atoms with Gasteiger partial charge in [0.15, 0.2) is 0 Å². The van der Waals surface area contributed by atoms with E-state index in [4.69, 9.17) is 9.84 Å². The van der Waals surface area contributed by atoms with Gasteiger partial charge >= 0.3 is 0 Å². The second kappa shape index (κ2) is 6.08. The summed E-state index contributed by atoms with van der Waals surface area (Å²) in [7, 11) is 1.65. The molecule has 1 atom stereocenters. The molecule has 0 aromatic heterocycles. The zero-order valence-corrected chi connectivity index (χ0v) is 9.53. The van der Waals surface area contributed by atoms with E-state index in [2.05, 4.69) is 5.32 Å². The van der Waals surface area contributed by atoms with Crippen molar-refractivity contribution in [3.05, 3.63) is 0 Å². The third kappa shape index (κ3) is 4.62. The highest BCUT2D eigenvalue weighted by Crippen LogP contribution is 2.26. The normalized spacial score (nSPS) is 26.9. The van der Waals surface area contributed by atoms with Crippen LogP contribution in [0.2, 0.25) is 0 Å². The quantitative estimate of drug-likeness (QED) is 0.685. The van der Waals surface area contributed by atoms with Gasteiger partial charge in [-0.2, -0.15) is 0 Å². The predicted molar refractivity (Wildman–Crippen MR) is 57.4 cm³/mol. The van der Waals surface area contributed by atoms with Gasteiger partial charge < -0.3 is 15.2 Å². The zero-order valence-electron chi connectivity index (χ0n) is 9.53. The second-order valence-corrected chi connectivity index (χ2v) is 4.38. The van der Waals surface area contributed by atoms with Crippen LogP contribution >= 0.6 is 0 Å². The summed E-state index contributed by atoms with van der Waals surface area (Å²) in [5.41, 5.74) is 0. The number of rotatable bonds is 6. The standard InChI is InChI=1S/C11H21NO3/c1-8(15-2)3-4-11(14)12-7-9-5-10(13)6-9/h8-10,13H,3-7H2,1-2H3,(H,12,14). The van der Waals surface area contributed by atoms with Gasteiger partial charge in [0.25, 0.3) is 0 Å². The zero-order chi connectivity index (χ0) is 11.3. The summed E-state index contributed by atoms with van der Waals surface area (Å²) in [6.45, 7) is 2.66. The van der Waals surface area contributed by atoms with Gasteiger partial charge in [-0.25, -0.2) is 0 Å². The lowest BCUT2D eigenvalue weighted by Crippen LogP contribution is -2.38. The maximum absolute atomic E-state index is 11.4. The summed E-state index contributed by atoms with van der Waals surface area (Å²) < 4.78 is 5.06. The molecule has 1 unspecified atom stereocenters. The van der Waals surface area contributed by atoms with E-state index in [-0.39, 0.29) is 18.1 Å². The molecule has 1 rings (SSSR count). The van der Waals surface area contributed by atoms with E-state index in [1.807, 2.05) is 6.92 Å². The Morgan fingerprint density at radius 1 is 1.60 bits per heavy atom. The molecule has 0 spiro atoms. The summed E-state index contributed by atoms with van der Waals surface area (Å²) in [4.78, 5) is 11.4. The van der Waals surface area contributed by atoms with Crippen molar-refractivity contribution < 1.29 is 14.6 Å². The Morgan fingerprint density at radius 3 is 2.80 bits per heavy atom. The summed E-state index contributed by atoms with van der Waals surface area (Å²) in [6.07, 6.45) is 2.94. The Morgan fingerprint density at radius 2 is 2.27 bits per heavy atom. The van der Waals surface area contributed by atoms with E-state index >= 15 is 0 Å². The summed E-state index contributed by atoms with van der Waals surface area (Å²) >= 11 is 0. The highest BCUT2D eigenvalue weighted by molar-refractivity contribution is 5.75. The van der Waals surface area contributed by atoms with E-state index < -0.39 is 0 Å². The van der Waals surface area contributed by atoms with Crippen LogP contribution in [-0.2, 0) is 9.53 Å². The summed E-state index contributed by atoms with van der Waals surface area (Å²) in [6, 6.07) is 0. The van der Waals surface area contributed by atoms with Gasteiger partial charge in [0.1, 0.15) is 0 Å². The van der Waals surface area contributed by atoms with E-state index in [9.17, 15) is 4.79 Å². The van der Waals surface area contributed by atoms with Crippen LogP contribution in [0.15, 0.2) is 0 Å². The molecule has 0 bridgehead atoms. The first-order valence-corrected chi connectivity index (χ1v) is 5.59. The first-order chi connectivity index (χ1) is 7.11. The topological polar surface area (TPSA) is 58.6 Å². The Hall–Kier alpha value is -0.610. The molecule has 4 heteroatoms. The van der Waals surface area contributed by atoms with Crippen molar-refractivity contribution in [2.45, 2.75) is 44.8 Å². The smallest absolute Gasteiger partial charge is 0.220 e.